The Kier molecular flexibility index (Phi) is 8.12. The second-order valence-corrected chi connectivity index (χ2v) is 11.0. The van der Waals surface area contributed by atoms with Crippen LogP contribution in [0, 0.1) is 11.8 Å². The maximum atomic E-state index is 13.5. The lowest BCUT2D eigenvalue weighted by atomic mass is 9.82. The standard InChI is InChI=1S/C28H33N3O5S/c1-5-21-14-22(30-36-21)26(32)29-20-12-10-18(11-13-20)24-15-23(25(37-24)28(34)35)31(16(2)3)27(33)19-8-6-17(4)7-9-19/h10-17,19H,5-9H2,1-4H3,(H,29,32)(H,34,35). The predicted molar refractivity (Wildman–Crippen MR) is 144 cm³/mol. The normalized spacial score (nSPS) is 17.5. The van der Waals surface area contributed by atoms with Gasteiger partial charge < -0.3 is 19.8 Å². The number of aryl methyl sites for hydroxylation is 1. The van der Waals surface area contributed by atoms with Crippen molar-refractivity contribution in [2.24, 2.45) is 11.8 Å². The van der Waals surface area contributed by atoms with Crippen molar-refractivity contribution in [3.8, 4) is 10.4 Å². The molecule has 0 saturated heterocycles. The van der Waals surface area contributed by atoms with E-state index in [-0.39, 0.29) is 34.3 Å². The number of aromatic nitrogens is 1. The molecule has 196 valence electrons. The van der Waals surface area contributed by atoms with Gasteiger partial charge >= 0.3 is 5.97 Å². The SMILES string of the molecule is CCc1cc(C(=O)Nc2ccc(-c3cc(N(C(=O)C4CCC(C)CC4)C(C)C)c(C(=O)O)s3)cc2)no1. The van der Waals surface area contributed by atoms with Crippen molar-refractivity contribution < 1.29 is 24.0 Å². The van der Waals surface area contributed by atoms with Crippen molar-refractivity contribution in [1.29, 1.82) is 0 Å². The van der Waals surface area contributed by atoms with E-state index in [1.807, 2.05) is 32.9 Å². The van der Waals surface area contributed by atoms with Gasteiger partial charge in [-0.2, -0.15) is 0 Å². The van der Waals surface area contributed by atoms with Crippen LogP contribution in [0.2, 0.25) is 0 Å². The van der Waals surface area contributed by atoms with E-state index in [4.69, 9.17) is 4.52 Å². The summed E-state index contributed by atoms with van der Waals surface area (Å²) in [5.74, 6) is -0.238. The van der Waals surface area contributed by atoms with E-state index in [0.29, 0.717) is 29.5 Å². The summed E-state index contributed by atoms with van der Waals surface area (Å²) in [5, 5.41) is 16.5. The molecule has 0 bridgehead atoms. The van der Waals surface area contributed by atoms with Crippen LogP contribution in [0.1, 0.15) is 79.3 Å². The van der Waals surface area contributed by atoms with Gasteiger partial charge in [-0.1, -0.05) is 31.1 Å². The maximum Gasteiger partial charge on any atom is 0.348 e. The van der Waals surface area contributed by atoms with Crippen LogP contribution in [0.5, 0.6) is 0 Å². The van der Waals surface area contributed by atoms with Gasteiger partial charge in [0.05, 0.1) is 5.69 Å². The lowest BCUT2D eigenvalue weighted by Gasteiger charge is -2.33. The third-order valence-electron chi connectivity index (χ3n) is 6.85. The molecule has 0 radical (unpaired) electrons. The molecular weight excluding hydrogens is 490 g/mol. The van der Waals surface area contributed by atoms with Gasteiger partial charge in [0.15, 0.2) is 5.69 Å². The van der Waals surface area contributed by atoms with Gasteiger partial charge in [-0.25, -0.2) is 4.79 Å². The quantitative estimate of drug-likeness (QED) is 0.349. The van der Waals surface area contributed by atoms with E-state index in [1.54, 1.807) is 29.2 Å². The molecule has 0 aliphatic heterocycles. The van der Waals surface area contributed by atoms with E-state index < -0.39 is 5.97 Å². The van der Waals surface area contributed by atoms with Crippen LogP contribution in [-0.4, -0.2) is 34.1 Å². The Bertz CT molecular complexity index is 1270. The third kappa shape index (κ3) is 5.93. The fourth-order valence-electron chi connectivity index (χ4n) is 4.71. The molecule has 8 nitrogen and oxygen atoms in total. The molecule has 0 unspecified atom stereocenters. The van der Waals surface area contributed by atoms with E-state index in [9.17, 15) is 19.5 Å². The fraction of sp³-hybridized carbons (Fsp3) is 0.429. The number of benzene rings is 1. The Balaban J connectivity index is 1.57. The number of thiophene rings is 1. The highest BCUT2D eigenvalue weighted by atomic mass is 32.1. The molecule has 1 fully saturated rings. The molecule has 2 aromatic heterocycles. The van der Waals surface area contributed by atoms with Crippen molar-refractivity contribution in [3.05, 3.63) is 52.7 Å². The number of carbonyl (C=O) groups excluding carboxylic acids is 2. The molecular formula is C28H33N3O5S. The summed E-state index contributed by atoms with van der Waals surface area (Å²) in [6, 6.07) is 10.4. The van der Waals surface area contributed by atoms with Crippen LogP contribution in [0.25, 0.3) is 10.4 Å². The topological polar surface area (TPSA) is 113 Å². The van der Waals surface area contributed by atoms with E-state index in [1.165, 1.54) is 0 Å². The molecule has 37 heavy (non-hydrogen) atoms. The Hall–Kier alpha value is -3.46. The summed E-state index contributed by atoms with van der Waals surface area (Å²) >= 11 is 1.15. The van der Waals surface area contributed by atoms with Crippen molar-refractivity contribution in [2.45, 2.75) is 65.8 Å². The third-order valence-corrected chi connectivity index (χ3v) is 8.01. The Morgan fingerprint density at radius 1 is 1.14 bits per heavy atom. The lowest BCUT2D eigenvalue weighted by molar-refractivity contribution is -0.123. The number of carboxylic acid groups (broad SMARTS) is 1. The molecule has 9 heteroatoms. The predicted octanol–water partition coefficient (Wildman–Crippen LogP) is 6.48. The van der Waals surface area contributed by atoms with Crippen LogP contribution >= 0.6 is 11.3 Å². The minimum Gasteiger partial charge on any atom is -0.477 e. The van der Waals surface area contributed by atoms with Gasteiger partial charge in [0, 0.05) is 35.0 Å². The molecule has 0 spiro atoms. The van der Waals surface area contributed by atoms with Gasteiger partial charge in [-0.15, -0.1) is 11.3 Å². The number of hydrogen-bond acceptors (Lipinski definition) is 6. The molecule has 1 aliphatic carbocycles. The van der Waals surface area contributed by atoms with Gasteiger partial charge in [0.1, 0.15) is 10.6 Å². The lowest BCUT2D eigenvalue weighted by Crippen LogP contribution is -2.42. The van der Waals surface area contributed by atoms with Crippen molar-refractivity contribution in [3.63, 3.8) is 0 Å². The number of carboxylic acids is 1. The number of aromatic carboxylic acids is 1. The summed E-state index contributed by atoms with van der Waals surface area (Å²) in [7, 11) is 0. The highest BCUT2D eigenvalue weighted by Gasteiger charge is 2.33. The number of anilines is 2. The Morgan fingerprint density at radius 2 is 1.81 bits per heavy atom. The van der Waals surface area contributed by atoms with Gasteiger partial charge in [-0.05, 0) is 69.2 Å². The highest BCUT2D eigenvalue weighted by Crippen LogP contribution is 2.40. The average molecular weight is 524 g/mol. The van der Waals surface area contributed by atoms with Crippen molar-refractivity contribution in [2.75, 3.05) is 10.2 Å². The van der Waals surface area contributed by atoms with Crippen LogP contribution < -0.4 is 10.2 Å². The molecule has 1 aromatic carbocycles. The first kappa shape index (κ1) is 26.6. The summed E-state index contributed by atoms with van der Waals surface area (Å²) < 4.78 is 5.09. The molecule has 1 aliphatic rings. The zero-order valence-corrected chi connectivity index (χ0v) is 22.4. The maximum absolute atomic E-state index is 13.5. The zero-order valence-electron chi connectivity index (χ0n) is 21.6. The highest BCUT2D eigenvalue weighted by molar-refractivity contribution is 7.18. The van der Waals surface area contributed by atoms with Gasteiger partial charge in [0.25, 0.3) is 5.91 Å². The molecule has 0 atom stereocenters. The van der Waals surface area contributed by atoms with Crippen LogP contribution in [0.4, 0.5) is 11.4 Å². The second kappa shape index (κ2) is 11.3. The molecule has 4 rings (SSSR count). The van der Waals surface area contributed by atoms with E-state index in [0.717, 1.165) is 47.5 Å². The largest absolute Gasteiger partial charge is 0.477 e. The first-order valence-electron chi connectivity index (χ1n) is 12.8. The first-order chi connectivity index (χ1) is 17.7. The van der Waals surface area contributed by atoms with Crippen LogP contribution in [0.15, 0.2) is 40.9 Å². The molecule has 2 heterocycles. The Labute approximate surface area is 220 Å². The second-order valence-electron chi connectivity index (χ2n) is 9.95. The molecule has 2 N–H and O–H groups in total. The number of hydrogen-bond donors (Lipinski definition) is 2. The Morgan fingerprint density at radius 3 is 2.38 bits per heavy atom. The smallest absolute Gasteiger partial charge is 0.348 e. The van der Waals surface area contributed by atoms with Gasteiger partial charge in [-0.3, -0.25) is 9.59 Å². The minimum absolute atomic E-state index is 0.00546. The molecule has 2 amide bonds. The fourth-order valence-corrected chi connectivity index (χ4v) is 5.70. The number of nitrogens with zero attached hydrogens (tertiary/aromatic N) is 2. The summed E-state index contributed by atoms with van der Waals surface area (Å²) in [6.45, 7) is 7.96. The van der Waals surface area contributed by atoms with E-state index >= 15 is 0 Å². The van der Waals surface area contributed by atoms with Crippen LogP contribution in [-0.2, 0) is 11.2 Å². The first-order valence-corrected chi connectivity index (χ1v) is 13.6. The minimum atomic E-state index is -1.05. The van der Waals surface area contributed by atoms with Crippen molar-refractivity contribution in [1.82, 2.24) is 5.16 Å². The van der Waals surface area contributed by atoms with Crippen molar-refractivity contribution >= 4 is 40.5 Å². The summed E-state index contributed by atoms with van der Waals surface area (Å²) in [6.07, 6.45) is 4.36. The molecule has 1 saturated carbocycles. The zero-order chi connectivity index (χ0) is 26.7. The number of carbonyl (C=O) groups is 3. The monoisotopic (exact) mass is 523 g/mol. The van der Waals surface area contributed by atoms with E-state index in [2.05, 4.69) is 17.4 Å². The summed E-state index contributed by atoms with van der Waals surface area (Å²) in [4.78, 5) is 40.7. The number of rotatable bonds is 8. The molecule has 3 aromatic rings. The van der Waals surface area contributed by atoms with Gasteiger partial charge in [0.2, 0.25) is 5.91 Å². The average Bonchev–Trinajstić information content (AvgIpc) is 3.53. The summed E-state index contributed by atoms with van der Waals surface area (Å²) in [5.41, 5.74) is 2.03. The number of nitrogens with one attached hydrogen (secondary N) is 1. The van der Waals surface area contributed by atoms with Crippen LogP contribution in [0.3, 0.4) is 0 Å². The number of amides is 2.